The predicted molar refractivity (Wildman–Crippen MR) is 79.2 cm³/mol. The number of thiazole rings is 1. The Morgan fingerprint density at radius 2 is 2.33 bits per heavy atom. The lowest BCUT2D eigenvalue weighted by Gasteiger charge is -2.08. The maximum absolute atomic E-state index is 8.85. The fourth-order valence-corrected chi connectivity index (χ4v) is 2.79. The largest absolute Gasteiger partial charge is 0.311 e. The molecule has 21 heavy (non-hydrogen) atoms. The number of aromatic nitrogens is 5. The Morgan fingerprint density at radius 3 is 3.05 bits per heavy atom. The van der Waals surface area contributed by atoms with E-state index < -0.39 is 0 Å². The third-order valence-electron chi connectivity index (χ3n) is 2.99. The van der Waals surface area contributed by atoms with Crippen molar-refractivity contribution in [1.82, 2.24) is 29.5 Å². The first-order chi connectivity index (χ1) is 10.2. The molecule has 0 aliphatic carbocycles. The molecule has 0 saturated heterocycles. The zero-order valence-corrected chi connectivity index (χ0v) is 12.6. The van der Waals surface area contributed by atoms with Gasteiger partial charge in [0.1, 0.15) is 12.4 Å². The lowest BCUT2D eigenvalue weighted by molar-refractivity contribution is 0.545. The van der Waals surface area contributed by atoms with Crippen molar-refractivity contribution in [3.8, 4) is 11.9 Å². The van der Waals surface area contributed by atoms with Crippen LogP contribution in [0.5, 0.6) is 0 Å². The van der Waals surface area contributed by atoms with Gasteiger partial charge in [-0.15, -0.1) is 16.4 Å². The van der Waals surface area contributed by atoms with Crippen molar-refractivity contribution < 1.29 is 0 Å². The molecule has 0 amide bonds. The van der Waals surface area contributed by atoms with E-state index in [1.165, 1.54) is 6.33 Å². The van der Waals surface area contributed by atoms with Crippen LogP contribution in [0.15, 0.2) is 17.9 Å². The molecule has 3 aromatic rings. The molecular weight excluding hydrogens is 286 g/mol. The van der Waals surface area contributed by atoms with Gasteiger partial charge in [0, 0.05) is 18.1 Å². The zero-order valence-electron chi connectivity index (χ0n) is 11.8. The molecule has 0 radical (unpaired) electrons. The molecule has 0 aliphatic rings. The molecular formula is C13H15N7S. The topological polar surface area (TPSA) is 83.8 Å². The van der Waals surface area contributed by atoms with Gasteiger partial charge >= 0.3 is 0 Å². The van der Waals surface area contributed by atoms with Crippen molar-refractivity contribution in [2.75, 3.05) is 6.54 Å². The van der Waals surface area contributed by atoms with Crippen LogP contribution in [-0.4, -0.2) is 30.7 Å². The number of hydrogen-bond acceptors (Lipinski definition) is 6. The number of imidazole rings is 1. The van der Waals surface area contributed by atoms with Crippen LogP contribution in [0.4, 0.5) is 0 Å². The number of hydrogen-bond donors (Lipinski definition) is 1. The Morgan fingerprint density at radius 1 is 1.48 bits per heavy atom. The monoisotopic (exact) mass is 301 g/mol. The minimum Gasteiger partial charge on any atom is -0.311 e. The van der Waals surface area contributed by atoms with Crippen LogP contribution in [0.3, 0.4) is 0 Å². The summed E-state index contributed by atoms with van der Waals surface area (Å²) in [6.45, 7) is 5.95. The van der Waals surface area contributed by atoms with Gasteiger partial charge in [-0.2, -0.15) is 14.9 Å². The van der Waals surface area contributed by atoms with E-state index in [0.717, 1.165) is 17.2 Å². The summed E-state index contributed by atoms with van der Waals surface area (Å²) >= 11 is 1.57. The number of nitrogens with one attached hydrogen (secondary N) is 1. The molecule has 0 fully saturated rings. The Balaban J connectivity index is 1.97. The number of fused-ring (bicyclic) bond motifs is 1. The van der Waals surface area contributed by atoms with Gasteiger partial charge in [0.05, 0.1) is 5.69 Å². The average molecular weight is 301 g/mol. The minimum absolute atomic E-state index is 0.146. The van der Waals surface area contributed by atoms with Crippen LogP contribution < -0.4 is 5.32 Å². The first kappa shape index (κ1) is 13.7. The summed E-state index contributed by atoms with van der Waals surface area (Å²) in [6.07, 6.45) is 3.52. The molecule has 7 nitrogen and oxygen atoms in total. The van der Waals surface area contributed by atoms with Crippen molar-refractivity contribution in [3.63, 3.8) is 0 Å². The van der Waals surface area contributed by atoms with Crippen molar-refractivity contribution >= 4 is 16.3 Å². The van der Waals surface area contributed by atoms with Gasteiger partial charge in [0.15, 0.2) is 10.8 Å². The first-order valence-corrected chi connectivity index (χ1v) is 7.54. The van der Waals surface area contributed by atoms with Crippen molar-refractivity contribution in [3.05, 3.63) is 29.4 Å². The molecule has 0 spiro atoms. The van der Waals surface area contributed by atoms with Crippen molar-refractivity contribution in [1.29, 1.82) is 5.26 Å². The molecule has 1 N–H and O–H groups in total. The maximum Gasteiger partial charge on any atom is 0.252 e. The van der Waals surface area contributed by atoms with Crippen LogP contribution in [0.25, 0.3) is 10.8 Å². The van der Waals surface area contributed by atoms with Crippen LogP contribution >= 0.6 is 11.3 Å². The lowest BCUT2D eigenvalue weighted by Crippen LogP contribution is -2.20. The Bertz CT molecular complexity index is 789. The standard InChI is InChI=1S/C13H15N7S/c1-9(2)6-15-7-10-12(17-13-19(10)3-4-21-13)20-8-16-11(5-14)18-20/h3-4,8-9,15H,6-7H2,1-2H3. The highest BCUT2D eigenvalue weighted by Gasteiger charge is 2.16. The number of nitriles is 1. The molecule has 0 aromatic carbocycles. The molecule has 8 heteroatoms. The van der Waals surface area contributed by atoms with Gasteiger partial charge in [-0.3, -0.25) is 4.40 Å². The predicted octanol–water partition coefficient (Wildman–Crippen LogP) is 1.59. The van der Waals surface area contributed by atoms with E-state index in [2.05, 4.69) is 34.2 Å². The highest BCUT2D eigenvalue weighted by Crippen LogP contribution is 2.20. The fraction of sp³-hybridized carbons (Fsp3) is 0.385. The SMILES string of the molecule is CC(C)CNCc1c(-n2cnc(C#N)n2)nc2sccn12. The minimum atomic E-state index is 0.146. The summed E-state index contributed by atoms with van der Waals surface area (Å²) in [7, 11) is 0. The van der Waals surface area contributed by atoms with E-state index in [1.54, 1.807) is 16.0 Å². The third kappa shape index (κ3) is 2.66. The van der Waals surface area contributed by atoms with Gasteiger partial charge in [-0.1, -0.05) is 13.8 Å². The van der Waals surface area contributed by atoms with Gasteiger partial charge in [-0.25, -0.2) is 4.98 Å². The second-order valence-corrected chi connectivity index (χ2v) is 5.96. The summed E-state index contributed by atoms with van der Waals surface area (Å²) in [6, 6.07) is 1.93. The highest BCUT2D eigenvalue weighted by molar-refractivity contribution is 7.15. The smallest absolute Gasteiger partial charge is 0.252 e. The summed E-state index contributed by atoms with van der Waals surface area (Å²) in [4.78, 5) is 9.42. The van der Waals surface area contributed by atoms with E-state index in [0.29, 0.717) is 18.3 Å². The second-order valence-electron chi connectivity index (χ2n) is 5.09. The van der Waals surface area contributed by atoms with E-state index in [1.807, 2.05) is 22.0 Å². The molecule has 0 bridgehead atoms. The van der Waals surface area contributed by atoms with E-state index in [-0.39, 0.29) is 5.82 Å². The molecule has 0 saturated carbocycles. The molecule has 108 valence electrons. The molecule has 0 unspecified atom stereocenters. The third-order valence-corrected chi connectivity index (χ3v) is 3.75. The van der Waals surface area contributed by atoms with Gasteiger partial charge in [-0.05, 0) is 12.5 Å². The Kier molecular flexibility index (Phi) is 3.68. The lowest BCUT2D eigenvalue weighted by atomic mass is 10.2. The average Bonchev–Trinajstić information content (AvgIpc) is 3.13. The molecule has 0 atom stereocenters. The number of rotatable bonds is 5. The summed E-state index contributed by atoms with van der Waals surface area (Å²) in [5.74, 6) is 1.44. The van der Waals surface area contributed by atoms with Crippen LogP contribution in [0.1, 0.15) is 25.4 Å². The molecule has 3 aromatic heterocycles. The molecule has 0 aliphatic heterocycles. The highest BCUT2D eigenvalue weighted by atomic mass is 32.1. The second kappa shape index (κ2) is 5.63. The molecule has 3 heterocycles. The van der Waals surface area contributed by atoms with E-state index in [9.17, 15) is 0 Å². The van der Waals surface area contributed by atoms with Crippen molar-refractivity contribution in [2.45, 2.75) is 20.4 Å². The zero-order chi connectivity index (χ0) is 14.8. The maximum atomic E-state index is 8.85. The normalized spacial score (nSPS) is 11.3. The summed E-state index contributed by atoms with van der Waals surface area (Å²) < 4.78 is 3.60. The van der Waals surface area contributed by atoms with E-state index in [4.69, 9.17) is 5.26 Å². The quantitative estimate of drug-likeness (QED) is 0.773. The van der Waals surface area contributed by atoms with Gasteiger partial charge < -0.3 is 5.32 Å². The fourth-order valence-electron chi connectivity index (χ4n) is 2.06. The van der Waals surface area contributed by atoms with Crippen LogP contribution in [0, 0.1) is 17.2 Å². The Hall–Kier alpha value is -2.24. The van der Waals surface area contributed by atoms with Crippen LogP contribution in [-0.2, 0) is 6.54 Å². The van der Waals surface area contributed by atoms with Crippen LogP contribution in [0.2, 0.25) is 0 Å². The Labute approximate surface area is 125 Å². The van der Waals surface area contributed by atoms with Gasteiger partial charge in [0.2, 0.25) is 0 Å². The van der Waals surface area contributed by atoms with Gasteiger partial charge in [0.25, 0.3) is 5.82 Å². The van der Waals surface area contributed by atoms with Crippen molar-refractivity contribution in [2.24, 2.45) is 5.92 Å². The molecule has 3 rings (SSSR count). The van der Waals surface area contributed by atoms with E-state index >= 15 is 0 Å². The summed E-state index contributed by atoms with van der Waals surface area (Å²) in [5.41, 5.74) is 1.02. The first-order valence-electron chi connectivity index (χ1n) is 6.66. The number of nitrogens with zero attached hydrogens (tertiary/aromatic N) is 6. The summed E-state index contributed by atoms with van der Waals surface area (Å²) in [5, 5.41) is 18.4.